The summed E-state index contributed by atoms with van der Waals surface area (Å²) in [5.41, 5.74) is 0.988. The smallest absolute Gasteiger partial charge is 0.341 e. The predicted octanol–water partition coefficient (Wildman–Crippen LogP) is 0.983. The van der Waals surface area contributed by atoms with Crippen LogP contribution in [-0.2, 0) is 0 Å². The second-order valence-electron chi connectivity index (χ2n) is 2.18. The molecule has 0 saturated carbocycles. The standard InChI is InChI=1S/C7H6ClNO2/c1-5-2-3-6(7(10)11)4-9(5)8/h2-4H,1H3/p+1. The van der Waals surface area contributed by atoms with E-state index in [1.54, 1.807) is 13.0 Å². The Labute approximate surface area is 69.0 Å². The first-order valence-corrected chi connectivity index (χ1v) is 3.37. The van der Waals surface area contributed by atoms with Gasteiger partial charge in [0.1, 0.15) is 5.56 Å². The van der Waals surface area contributed by atoms with Crippen molar-refractivity contribution in [2.24, 2.45) is 0 Å². The lowest BCUT2D eigenvalue weighted by atomic mass is 10.2. The molecule has 1 N–H and O–H groups in total. The fraction of sp³-hybridized carbons (Fsp3) is 0.143. The normalized spacial score (nSPS) is 9.64. The Hall–Kier alpha value is -1.09. The molecule has 1 aromatic heterocycles. The number of rotatable bonds is 1. The zero-order valence-corrected chi connectivity index (χ0v) is 6.67. The third-order valence-electron chi connectivity index (χ3n) is 1.34. The van der Waals surface area contributed by atoms with Gasteiger partial charge < -0.3 is 5.11 Å². The van der Waals surface area contributed by atoms with E-state index in [1.807, 2.05) is 0 Å². The zero-order chi connectivity index (χ0) is 8.43. The van der Waals surface area contributed by atoms with Gasteiger partial charge in [-0.05, 0) is 6.07 Å². The number of aromatic nitrogens is 1. The van der Waals surface area contributed by atoms with Crippen molar-refractivity contribution in [2.75, 3.05) is 0 Å². The molecule has 0 aliphatic rings. The van der Waals surface area contributed by atoms with Crippen molar-refractivity contribution in [2.45, 2.75) is 6.92 Å². The number of hydrogen-bond acceptors (Lipinski definition) is 1. The van der Waals surface area contributed by atoms with E-state index in [9.17, 15) is 4.79 Å². The Morgan fingerprint density at radius 3 is 2.73 bits per heavy atom. The minimum Gasteiger partial charge on any atom is -0.477 e. The summed E-state index contributed by atoms with van der Waals surface area (Å²) in [6, 6.07) is 3.16. The van der Waals surface area contributed by atoms with E-state index in [0.717, 1.165) is 5.69 Å². The molecule has 1 aromatic rings. The summed E-state index contributed by atoms with van der Waals surface area (Å²) in [4.78, 5) is 10.4. The van der Waals surface area contributed by atoms with Crippen molar-refractivity contribution in [3.8, 4) is 0 Å². The molecule has 1 rings (SSSR count). The number of carboxylic acids is 1. The van der Waals surface area contributed by atoms with Crippen LogP contribution in [0.25, 0.3) is 0 Å². The average Bonchev–Trinajstić information content (AvgIpc) is 1.94. The molecule has 0 atom stereocenters. The number of aromatic carboxylic acids is 1. The highest BCUT2D eigenvalue weighted by Crippen LogP contribution is 1.97. The molecule has 0 fully saturated rings. The van der Waals surface area contributed by atoms with E-state index in [-0.39, 0.29) is 5.56 Å². The quantitative estimate of drug-likeness (QED) is 0.686. The van der Waals surface area contributed by atoms with E-state index in [2.05, 4.69) is 0 Å². The summed E-state index contributed by atoms with van der Waals surface area (Å²) in [6.07, 6.45) is 1.36. The number of pyridine rings is 1. The van der Waals surface area contributed by atoms with E-state index in [0.29, 0.717) is 0 Å². The third kappa shape index (κ3) is 1.68. The molecular formula is C7H7ClNO2+. The number of carboxylic acid groups (broad SMARTS) is 1. The first-order chi connectivity index (χ1) is 5.11. The Bertz CT molecular complexity index is 298. The highest BCUT2D eigenvalue weighted by Gasteiger charge is 2.10. The van der Waals surface area contributed by atoms with Crippen molar-refractivity contribution in [3.05, 3.63) is 29.6 Å². The second-order valence-corrected chi connectivity index (χ2v) is 2.54. The average molecular weight is 173 g/mol. The summed E-state index contributed by atoms with van der Waals surface area (Å²) in [5, 5.41) is 8.53. The van der Waals surface area contributed by atoms with Gasteiger partial charge in [0.25, 0.3) is 11.8 Å². The second kappa shape index (κ2) is 2.88. The third-order valence-corrected chi connectivity index (χ3v) is 1.70. The van der Waals surface area contributed by atoms with Crippen LogP contribution >= 0.6 is 11.8 Å². The largest absolute Gasteiger partial charge is 0.477 e. The first-order valence-electron chi connectivity index (χ1n) is 3.03. The van der Waals surface area contributed by atoms with Crippen molar-refractivity contribution in [3.63, 3.8) is 0 Å². The van der Waals surface area contributed by atoms with Crippen LogP contribution in [0.4, 0.5) is 0 Å². The van der Waals surface area contributed by atoms with Crippen LogP contribution in [0.2, 0.25) is 0 Å². The summed E-state index contributed by atoms with van der Waals surface area (Å²) in [7, 11) is 0. The fourth-order valence-corrected chi connectivity index (χ4v) is 0.837. The van der Waals surface area contributed by atoms with Crippen molar-refractivity contribution < 1.29 is 14.0 Å². The molecule has 0 bridgehead atoms. The lowest BCUT2D eigenvalue weighted by Crippen LogP contribution is -2.25. The summed E-state index contributed by atoms with van der Waals surface area (Å²) in [6.45, 7) is 1.79. The van der Waals surface area contributed by atoms with Gasteiger partial charge in [0, 0.05) is 13.0 Å². The van der Waals surface area contributed by atoms with Crippen LogP contribution in [0.3, 0.4) is 0 Å². The molecule has 0 aliphatic heterocycles. The first kappa shape index (κ1) is 8.01. The maximum Gasteiger partial charge on any atom is 0.341 e. The molecular weight excluding hydrogens is 166 g/mol. The molecule has 0 aromatic carbocycles. The molecule has 1 heterocycles. The number of carbonyl (C=O) groups is 1. The molecule has 0 spiro atoms. The lowest BCUT2D eigenvalue weighted by molar-refractivity contribution is -0.527. The minimum absolute atomic E-state index is 0.186. The Morgan fingerprint density at radius 1 is 1.64 bits per heavy atom. The lowest BCUT2D eigenvalue weighted by Gasteiger charge is -1.90. The highest BCUT2D eigenvalue weighted by atomic mass is 35.5. The molecule has 58 valence electrons. The van der Waals surface area contributed by atoms with Gasteiger partial charge in [-0.2, -0.15) is 0 Å². The molecule has 0 amide bonds. The van der Waals surface area contributed by atoms with Crippen LogP contribution in [0, 0.1) is 6.92 Å². The van der Waals surface area contributed by atoms with Gasteiger partial charge in [0.05, 0.1) is 0 Å². The molecule has 0 aliphatic carbocycles. The molecule has 11 heavy (non-hydrogen) atoms. The zero-order valence-electron chi connectivity index (χ0n) is 5.91. The van der Waals surface area contributed by atoms with Gasteiger partial charge >= 0.3 is 5.97 Å². The monoisotopic (exact) mass is 172 g/mol. The Morgan fingerprint density at radius 2 is 2.27 bits per heavy atom. The maximum atomic E-state index is 10.4. The van der Waals surface area contributed by atoms with Gasteiger partial charge in [-0.3, -0.25) is 0 Å². The van der Waals surface area contributed by atoms with E-state index in [1.165, 1.54) is 16.3 Å². The molecule has 3 nitrogen and oxygen atoms in total. The summed E-state index contributed by atoms with van der Waals surface area (Å²) >= 11 is 5.61. The molecule has 0 saturated heterocycles. The highest BCUT2D eigenvalue weighted by molar-refractivity contribution is 6.04. The number of aryl methyl sites for hydroxylation is 1. The van der Waals surface area contributed by atoms with Gasteiger partial charge in [-0.25, -0.2) is 4.79 Å². The van der Waals surface area contributed by atoms with Crippen LogP contribution in [0.15, 0.2) is 18.3 Å². The van der Waals surface area contributed by atoms with E-state index >= 15 is 0 Å². The van der Waals surface area contributed by atoms with Crippen LogP contribution in [0.5, 0.6) is 0 Å². The Kier molecular flexibility index (Phi) is 2.10. The van der Waals surface area contributed by atoms with Crippen LogP contribution in [-0.4, -0.2) is 11.1 Å². The van der Waals surface area contributed by atoms with E-state index < -0.39 is 5.97 Å². The maximum absolute atomic E-state index is 10.4. The van der Waals surface area contributed by atoms with Crippen molar-refractivity contribution in [1.82, 2.24) is 0 Å². The van der Waals surface area contributed by atoms with Gasteiger partial charge in [-0.1, -0.05) is 4.09 Å². The van der Waals surface area contributed by atoms with Gasteiger partial charge in [0.2, 0.25) is 11.9 Å². The van der Waals surface area contributed by atoms with Crippen LogP contribution < -0.4 is 4.09 Å². The fourth-order valence-electron chi connectivity index (χ4n) is 0.675. The summed E-state index contributed by atoms with van der Waals surface area (Å²) in [5.74, 6) is -0.973. The number of halogens is 1. The van der Waals surface area contributed by atoms with Gasteiger partial charge in [-0.15, -0.1) is 0 Å². The van der Waals surface area contributed by atoms with Gasteiger partial charge in [0.15, 0.2) is 0 Å². The van der Waals surface area contributed by atoms with Crippen molar-refractivity contribution in [1.29, 1.82) is 0 Å². The predicted molar refractivity (Wildman–Crippen MR) is 39.6 cm³/mol. The number of hydrogen-bond donors (Lipinski definition) is 1. The molecule has 4 heteroatoms. The number of nitrogens with zero attached hydrogens (tertiary/aromatic N) is 1. The van der Waals surface area contributed by atoms with E-state index in [4.69, 9.17) is 16.9 Å². The molecule has 0 unspecified atom stereocenters. The minimum atomic E-state index is -0.973. The Balaban J connectivity index is 3.15. The SMILES string of the molecule is Cc1ccc(C(=O)O)c[n+]1Cl. The van der Waals surface area contributed by atoms with Crippen molar-refractivity contribution >= 4 is 17.7 Å². The molecule has 0 radical (unpaired) electrons. The topological polar surface area (TPSA) is 41.2 Å². The van der Waals surface area contributed by atoms with Crippen LogP contribution in [0.1, 0.15) is 16.1 Å². The summed E-state index contributed by atoms with van der Waals surface area (Å²) < 4.78 is 1.25.